The van der Waals surface area contributed by atoms with Crippen molar-refractivity contribution in [2.45, 2.75) is 12.2 Å². The van der Waals surface area contributed by atoms with E-state index >= 15 is 0 Å². The molecule has 0 unspecified atom stereocenters. The smallest absolute Gasteiger partial charge is 0.123 e. The fourth-order valence-corrected chi connectivity index (χ4v) is 2.77. The number of rotatable bonds is 4. The number of β-amino-alcohol motifs (C(OH)–C–C–N with tert-alkyl or cyclic N) is 1. The summed E-state index contributed by atoms with van der Waals surface area (Å²) in [5.41, 5.74) is 1.90. The maximum atomic E-state index is 13.0. The molecule has 116 valence electrons. The molecule has 4 heteroatoms. The lowest BCUT2D eigenvalue weighted by atomic mass is 10.1. The van der Waals surface area contributed by atoms with Gasteiger partial charge in [-0.25, -0.2) is 4.39 Å². The number of benzene rings is 2. The van der Waals surface area contributed by atoms with Crippen LogP contribution in [0.2, 0.25) is 0 Å². The van der Waals surface area contributed by atoms with E-state index in [4.69, 9.17) is 4.74 Å². The summed E-state index contributed by atoms with van der Waals surface area (Å²) in [6, 6.07) is 16.1. The number of hydrogen-bond donors (Lipinski definition) is 1. The first kappa shape index (κ1) is 15.2. The summed E-state index contributed by atoms with van der Waals surface area (Å²) in [6.45, 7) is 2.69. The molecule has 0 aromatic heterocycles. The average Bonchev–Trinajstić information content (AvgIpc) is 2.56. The summed E-state index contributed by atoms with van der Waals surface area (Å²) in [5.74, 6) is -0.240. The molecule has 22 heavy (non-hydrogen) atoms. The number of ether oxygens (including phenoxy) is 1. The highest BCUT2D eigenvalue weighted by Gasteiger charge is 2.23. The zero-order valence-electron chi connectivity index (χ0n) is 12.4. The molecule has 1 heterocycles. The first-order valence-electron chi connectivity index (χ1n) is 7.55. The highest BCUT2D eigenvalue weighted by atomic mass is 19.1. The van der Waals surface area contributed by atoms with Crippen LogP contribution in [0.5, 0.6) is 0 Å². The minimum atomic E-state index is -0.506. The Balaban J connectivity index is 1.62. The molecule has 2 aromatic rings. The fourth-order valence-electron chi connectivity index (χ4n) is 2.77. The van der Waals surface area contributed by atoms with Crippen LogP contribution < -0.4 is 0 Å². The predicted octanol–water partition coefficient (Wildman–Crippen LogP) is 2.93. The van der Waals surface area contributed by atoms with Gasteiger partial charge >= 0.3 is 0 Å². The third-order valence-corrected chi connectivity index (χ3v) is 4.01. The van der Waals surface area contributed by atoms with Gasteiger partial charge in [-0.1, -0.05) is 42.5 Å². The maximum Gasteiger partial charge on any atom is 0.123 e. The molecule has 0 bridgehead atoms. The van der Waals surface area contributed by atoms with E-state index in [1.807, 2.05) is 30.3 Å². The van der Waals surface area contributed by atoms with Gasteiger partial charge < -0.3 is 9.84 Å². The monoisotopic (exact) mass is 301 g/mol. The number of aliphatic hydroxyl groups is 1. The van der Waals surface area contributed by atoms with Gasteiger partial charge in [0.25, 0.3) is 0 Å². The lowest BCUT2D eigenvalue weighted by Gasteiger charge is -2.34. The summed E-state index contributed by atoms with van der Waals surface area (Å²) in [4.78, 5) is 2.19. The van der Waals surface area contributed by atoms with Crippen molar-refractivity contribution in [2.24, 2.45) is 0 Å². The molecule has 1 saturated heterocycles. The molecule has 3 nitrogen and oxygen atoms in total. The van der Waals surface area contributed by atoms with E-state index < -0.39 is 6.10 Å². The Labute approximate surface area is 130 Å². The van der Waals surface area contributed by atoms with Gasteiger partial charge in [0, 0.05) is 19.6 Å². The minimum Gasteiger partial charge on any atom is -0.387 e. The third-order valence-electron chi connectivity index (χ3n) is 4.01. The number of morpholine rings is 1. The minimum absolute atomic E-state index is 0.0719. The maximum absolute atomic E-state index is 13.0. The second-order valence-electron chi connectivity index (χ2n) is 5.60. The molecular weight excluding hydrogens is 281 g/mol. The van der Waals surface area contributed by atoms with Gasteiger partial charge in [-0.3, -0.25) is 4.90 Å². The molecule has 0 radical (unpaired) electrons. The summed E-state index contributed by atoms with van der Waals surface area (Å²) < 4.78 is 18.8. The molecule has 3 rings (SSSR count). The molecule has 1 aliphatic heterocycles. The Morgan fingerprint density at radius 1 is 1.14 bits per heavy atom. The van der Waals surface area contributed by atoms with E-state index in [0.29, 0.717) is 19.7 Å². The van der Waals surface area contributed by atoms with Gasteiger partial charge in [-0.05, 0) is 23.3 Å². The summed E-state index contributed by atoms with van der Waals surface area (Å²) in [7, 11) is 0. The molecule has 1 fully saturated rings. The zero-order valence-corrected chi connectivity index (χ0v) is 12.4. The largest absolute Gasteiger partial charge is 0.387 e. The van der Waals surface area contributed by atoms with E-state index in [0.717, 1.165) is 17.7 Å². The highest BCUT2D eigenvalue weighted by Crippen LogP contribution is 2.24. The Hall–Kier alpha value is -1.75. The lowest BCUT2D eigenvalue weighted by Crippen LogP contribution is -2.40. The Bertz CT molecular complexity index is 588. The van der Waals surface area contributed by atoms with Crippen LogP contribution in [0.1, 0.15) is 23.3 Å². The van der Waals surface area contributed by atoms with Crippen molar-refractivity contribution >= 4 is 0 Å². The first-order valence-corrected chi connectivity index (χ1v) is 7.55. The molecule has 1 aliphatic rings. The summed E-state index contributed by atoms with van der Waals surface area (Å²) in [5, 5.41) is 10.3. The van der Waals surface area contributed by atoms with Gasteiger partial charge in [0.15, 0.2) is 0 Å². The van der Waals surface area contributed by atoms with E-state index in [2.05, 4.69) is 4.90 Å². The topological polar surface area (TPSA) is 32.7 Å². The Kier molecular flexibility index (Phi) is 4.83. The molecule has 0 saturated carbocycles. The first-order chi connectivity index (χ1) is 10.7. The number of hydrogen-bond acceptors (Lipinski definition) is 3. The van der Waals surface area contributed by atoms with Crippen molar-refractivity contribution in [3.8, 4) is 0 Å². The molecule has 0 spiro atoms. The van der Waals surface area contributed by atoms with Crippen LogP contribution in [0.15, 0.2) is 54.6 Å². The van der Waals surface area contributed by atoms with E-state index in [1.54, 1.807) is 12.1 Å². The third kappa shape index (κ3) is 3.71. The SMILES string of the molecule is O[C@@H](CN1CCO[C@H](c2ccc(F)cc2)C1)c1ccccc1. The van der Waals surface area contributed by atoms with Crippen LogP contribution >= 0.6 is 0 Å². The Morgan fingerprint density at radius 2 is 1.86 bits per heavy atom. The molecule has 2 atom stereocenters. The summed E-state index contributed by atoms with van der Waals surface area (Å²) in [6.07, 6.45) is -0.578. The van der Waals surface area contributed by atoms with Crippen LogP contribution in [0.25, 0.3) is 0 Å². The number of aliphatic hydroxyl groups excluding tert-OH is 1. The van der Waals surface area contributed by atoms with Crippen molar-refractivity contribution in [1.82, 2.24) is 4.90 Å². The van der Waals surface area contributed by atoms with Crippen LogP contribution in [0.4, 0.5) is 4.39 Å². The quantitative estimate of drug-likeness (QED) is 0.942. The van der Waals surface area contributed by atoms with Crippen LogP contribution in [0, 0.1) is 5.82 Å². The van der Waals surface area contributed by atoms with Crippen molar-refractivity contribution in [1.29, 1.82) is 0 Å². The average molecular weight is 301 g/mol. The standard InChI is InChI=1S/C18H20FNO2/c19-16-8-6-15(7-9-16)18-13-20(10-11-22-18)12-17(21)14-4-2-1-3-5-14/h1-9,17-18,21H,10-13H2/t17-,18-/m0/s1. The molecule has 0 aliphatic carbocycles. The zero-order chi connectivity index (χ0) is 15.4. The van der Waals surface area contributed by atoms with Gasteiger partial charge in [-0.15, -0.1) is 0 Å². The second kappa shape index (κ2) is 7.01. The normalized spacial score (nSPS) is 20.7. The number of nitrogens with zero attached hydrogens (tertiary/aromatic N) is 1. The van der Waals surface area contributed by atoms with Gasteiger partial charge in [-0.2, -0.15) is 0 Å². The van der Waals surface area contributed by atoms with Gasteiger partial charge in [0.1, 0.15) is 5.82 Å². The van der Waals surface area contributed by atoms with Crippen LogP contribution in [-0.2, 0) is 4.74 Å². The highest BCUT2D eigenvalue weighted by molar-refractivity contribution is 5.20. The van der Waals surface area contributed by atoms with Crippen molar-refractivity contribution in [3.63, 3.8) is 0 Å². The number of halogens is 1. The summed E-state index contributed by atoms with van der Waals surface area (Å²) >= 11 is 0. The predicted molar refractivity (Wildman–Crippen MR) is 82.9 cm³/mol. The van der Waals surface area contributed by atoms with Crippen molar-refractivity contribution < 1.29 is 14.2 Å². The van der Waals surface area contributed by atoms with Crippen LogP contribution in [-0.4, -0.2) is 36.2 Å². The van der Waals surface area contributed by atoms with Crippen LogP contribution in [0.3, 0.4) is 0 Å². The molecular formula is C18H20FNO2. The van der Waals surface area contributed by atoms with Gasteiger partial charge in [0.2, 0.25) is 0 Å². The van der Waals surface area contributed by atoms with E-state index in [-0.39, 0.29) is 11.9 Å². The second-order valence-corrected chi connectivity index (χ2v) is 5.60. The Morgan fingerprint density at radius 3 is 2.59 bits per heavy atom. The van der Waals surface area contributed by atoms with Crippen molar-refractivity contribution in [3.05, 3.63) is 71.5 Å². The molecule has 0 amide bonds. The van der Waals surface area contributed by atoms with E-state index in [9.17, 15) is 9.50 Å². The fraction of sp³-hybridized carbons (Fsp3) is 0.333. The van der Waals surface area contributed by atoms with E-state index in [1.165, 1.54) is 12.1 Å². The molecule has 1 N–H and O–H groups in total. The molecule has 2 aromatic carbocycles. The van der Waals surface area contributed by atoms with Crippen molar-refractivity contribution in [2.75, 3.05) is 26.2 Å². The van der Waals surface area contributed by atoms with Gasteiger partial charge in [0.05, 0.1) is 18.8 Å². The lowest BCUT2D eigenvalue weighted by molar-refractivity contribution is -0.0424.